The van der Waals surface area contributed by atoms with Gasteiger partial charge in [0.05, 0.1) is 12.2 Å². The predicted octanol–water partition coefficient (Wildman–Crippen LogP) is 3.20. The molecule has 1 spiro atoms. The predicted molar refractivity (Wildman–Crippen MR) is 90.8 cm³/mol. The Hall–Kier alpha value is -1.58. The molecule has 2 aliphatic rings. The van der Waals surface area contributed by atoms with Crippen molar-refractivity contribution in [3.05, 3.63) is 30.1 Å². The monoisotopic (exact) mass is 300 g/mol. The van der Waals surface area contributed by atoms with Crippen LogP contribution >= 0.6 is 0 Å². The third kappa shape index (κ3) is 3.60. The SMILES string of the molecule is CCNC(=NCc1ccccn1)N1CCC2(CCCCC2)C1. The molecule has 0 bridgehead atoms. The standard InChI is InChI=1S/C18H28N4/c1-2-19-17(21-14-16-8-4-7-12-20-16)22-13-11-18(15-22)9-5-3-6-10-18/h4,7-8,12H,2-3,5-6,9-11,13-15H2,1H3,(H,19,21). The van der Waals surface area contributed by atoms with Crippen molar-refractivity contribution in [2.24, 2.45) is 10.4 Å². The molecule has 1 saturated heterocycles. The van der Waals surface area contributed by atoms with E-state index in [1.165, 1.54) is 45.1 Å². The van der Waals surface area contributed by atoms with Gasteiger partial charge >= 0.3 is 0 Å². The maximum absolute atomic E-state index is 4.81. The van der Waals surface area contributed by atoms with Crippen LogP contribution in [0.15, 0.2) is 29.4 Å². The van der Waals surface area contributed by atoms with E-state index in [0.29, 0.717) is 12.0 Å². The average Bonchev–Trinajstić information content (AvgIpc) is 2.96. The highest BCUT2D eigenvalue weighted by Crippen LogP contribution is 2.43. The first-order valence-corrected chi connectivity index (χ1v) is 8.74. The van der Waals surface area contributed by atoms with Crippen molar-refractivity contribution in [3.63, 3.8) is 0 Å². The molecular weight excluding hydrogens is 272 g/mol. The number of likely N-dealkylation sites (tertiary alicyclic amines) is 1. The zero-order valence-corrected chi connectivity index (χ0v) is 13.7. The number of aliphatic imine (C=N–C) groups is 1. The van der Waals surface area contributed by atoms with Gasteiger partial charge in [0, 0.05) is 25.8 Å². The van der Waals surface area contributed by atoms with E-state index in [-0.39, 0.29) is 0 Å². The van der Waals surface area contributed by atoms with E-state index in [9.17, 15) is 0 Å². The van der Waals surface area contributed by atoms with Crippen LogP contribution in [0.25, 0.3) is 0 Å². The van der Waals surface area contributed by atoms with Crippen molar-refractivity contribution in [2.45, 2.75) is 52.0 Å². The zero-order chi connectivity index (χ0) is 15.3. The van der Waals surface area contributed by atoms with Gasteiger partial charge in [0.2, 0.25) is 0 Å². The number of guanidine groups is 1. The lowest BCUT2D eigenvalue weighted by Gasteiger charge is -2.33. The Balaban J connectivity index is 1.66. The minimum absolute atomic E-state index is 0.569. The van der Waals surface area contributed by atoms with Crippen LogP contribution < -0.4 is 5.32 Å². The summed E-state index contributed by atoms with van der Waals surface area (Å²) in [6, 6.07) is 6.02. The van der Waals surface area contributed by atoms with Crippen LogP contribution in [-0.2, 0) is 6.54 Å². The summed E-state index contributed by atoms with van der Waals surface area (Å²) in [4.78, 5) is 11.7. The second kappa shape index (κ2) is 7.12. The number of rotatable bonds is 3. The lowest BCUT2D eigenvalue weighted by atomic mass is 9.73. The van der Waals surface area contributed by atoms with Gasteiger partial charge < -0.3 is 10.2 Å². The van der Waals surface area contributed by atoms with Gasteiger partial charge in [-0.1, -0.05) is 25.3 Å². The van der Waals surface area contributed by atoms with E-state index in [0.717, 1.165) is 24.7 Å². The molecule has 1 N–H and O–H groups in total. The molecule has 1 aliphatic carbocycles. The van der Waals surface area contributed by atoms with Gasteiger partial charge in [-0.3, -0.25) is 4.98 Å². The molecule has 0 aromatic carbocycles. The third-order valence-corrected chi connectivity index (χ3v) is 5.10. The first kappa shape index (κ1) is 15.3. The highest BCUT2D eigenvalue weighted by atomic mass is 15.3. The van der Waals surface area contributed by atoms with Crippen LogP contribution in [0.5, 0.6) is 0 Å². The molecule has 0 unspecified atom stereocenters. The molecule has 2 heterocycles. The Bertz CT molecular complexity index is 491. The molecular formula is C18H28N4. The Labute approximate surface area is 134 Å². The van der Waals surface area contributed by atoms with Crippen molar-refractivity contribution >= 4 is 5.96 Å². The molecule has 4 nitrogen and oxygen atoms in total. The lowest BCUT2D eigenvalue weighted by Crippen LogP contribution is -2.41. The number of nitrogens with zero attached hydrogens (tertiary/aromatic N) is 3. The summed E-state index contributed by atoms with van der Waals surface area (Å²) in [6.45, 7) is 6.05. The molecule has 0 amide bonds. The van der Waals surface area contributed by atoms with Crippen molar-refractivity contribution in [1.82, 2.24) is 15.2 Å². The summed E-state index contributed by atoms with van der Waals surface area (Å²) in [5, 5.41) is 3.46. The number of hydrogen-bond donors (Lipinski definition) is 1. The number of nitrogens with one attached hydrogen (secondary N) is 1. The molecule has 1 aliphatic heterocycles. The highest BCUT2D eigenvalue weighted by Gasteiger charge is 2.39. The van der Waals surface area contributed by atoms with E-state index in [2.05, 4.69) is 22.1 Å². The molecule has 1 saturated carbocycles. The largest absolute Gasteiger partial charge is 0.357 e. The van der Waals surface area contributed by atoms with Crippen molar-refractivity contribution in [1.29, 1.82) is 0 Å². The number of aromatic nitrogens is 1. The second-order valence-corrected chi connectivity index (χ2v) is 6.72. The van der Waals surface area contributed by atoms with Crippen LogP contribution in [-0.4, -0.2) is 35.5 Å². The van der Waals surface area contributed by atoms with Gasteiger partial charge in [-0.25, -0.2) is 4.99 Å². The molecule has 1 aromatic rings. The number of pyridine rings is 1. The van der Waals surface area contributed by atoms with E-state index in [1.54, 1.807) is 0 Å². The van der Waals surface area contributed by atoms with Crippen LogP contribution in [0.2, 0.25) is 0 Å². The quantitative estimate of drug-likeness (QED) is 0.688. The summed E-state index contributed by atoms with van der Waals surface area (Å²) in [5.41, 5.74) is 1.60. The van der Waals surface area contributed by atoms with E-state index in [1.807, 2.05) is 24.4 Å². The minimum Gasteiger partial charge on any atom is -0.357 e. The molecule has 3 rings (SSSR count). The highest BCUT2D eigenvalue weighted by molar-refractivity contribution is 5.80. The summed E-state index contributed by atoms with van der Waals surface area (Å²) < 4.78 is 0. The molecule has 0 atom stereocenters. The topological polar surface area (TPSA) is 40.5 Å². The Morgan fingerprint density at radius 1 is 1.27 bits per heavy atom. The zero-order valence-electron chi connectivity index (χ0n) is 13.7. The first-order valence-electron chi connectivity index (χ1n) is 8.74. The Kier molecular flexibility index (Phi) is 4.96. The number of hydrogen-bond acceptors (Lipinski definition) is 2. The summed E-state index contributed by atoms with van der Waals surface area (Å²) in [7, 11) is 0. The second-order valence-electron chi connectivity index (χ2n) is 6.72. The van der Waals surface area contributed by atoms with Crippen LogP contribution in [0, 0.1) is 5.41 Å². The van der Waals surface area contributed by atoms with Gasteiger partial charge in [0.15, 0.2) is 5.96 Å². The molecule has 4 heteroatoms. The maximum Gasteiger partial charge on any atom is 0.194 e. The van der Waals surface area contributed by atoms with E-state index >= 15 is 0 Å². The fourth-order valence-electron chi connectivity index (χ4n) is 3.90. The molecule has 1 aromatic heterocycles. The minimum atomic E-state index is 0.569. The maximum atomic E-state index is 4.81. The average molecular weight is 300 g/mol. The summed E-state index contributed by atoms with van der Waals surface area (Å²) >= 11 is 0. The van der Waals surface area contributed by atoms with Crippen LogP contribution in [0.1, 0.15) is 51.1 Å². The van der Waals surface area contributed by atoms with Gasteiger partial charge in [0.25, 0.3) is 0 Å². The van der Waals surface area contributed by atoms with Gasteiger partial charge in [-0.2, -0.15) is 0 Å². The van der Waals surface area contributed by atoms with Gasteiger partial charge in [-0.05, 0) is 43.7 Å². The van der Waals surface area contributed by atoms with Crippen molar-refractivity contribution < 1.29 is 0 Å². The molecule has 0 radical (unpaired) electrons. The molecule has 120 valence electrons. The van der Waals surface area contributed by atoms with Crippen molar-refractivity contribution in [3.8, 4) is 0 Å². The normalized spacial score (nSPS) is 21.3. The first-order chi connectivity index (χ1) is 10.8. The van der Waals surface area contributed by atoms with E-state index < -0.39 is 0 Å². The third-order valence-electron chi connectivity index (χ3n) is 5.10. The van der Waals surface area contributed by atoms with Crippen LogP contribution in [0.4, 0.5) is 0 Å². The lowest BCUT2D eigenvalue weighted by molar-refractivity contribution is 0.203. The Morgan fingerprint density at radius 2 is 2.14 bits per heavy atom. The molecule has 2 fully saturated rings. The van der Waals surface area contributed by atoms with Gasteiger partial charge in [-0.15, -0.1) is 0 Å². The molecule has 22 heavy (non-hydrogen) atoms. The van der Waals surface area contributed by atoms with Crippen LogP contribution in [0.3, 0.4) is 0 Å². The summed E-state index contributed by atoms with van der Waals surface area (Å²) in [5.74, 6) is 1.07. The van der Waals surface area contributed by atoms with Crippen molar-refractivity contribution in [2.75, 3.05) is 19.6 Å². The smallest absolute Gasteiger partial charge is 0.194 e. The van der Waals surface area contributed by atoms with Gasteiger partial charge in [0.1, 0.15) is 0 Å². The Morgan fingerprint density at radius 3 is 2.86 bits per heavy atom. The summed E-state index contributed by atoms with van der Waals surface area (Å²) in [6.07, 6.45) is 10.2. The fraction of sp³-hybridized carbons (Fsp3) is 0.667. The van der Waals surface area contributed by atoms with E-state index in [4.69, 9.17) is 4.99 Å². The fourth-order valence-corrected chi connectivity index (χ4v) is 3.90.